The Morgan fingerprint density at radius 1 is 1.28 bits per heavy atom. The van der Waals surface area contributed by atoms with Crippen molar-refractivity contribution < 1.29 is 14.3 Å². The Hall–Kier alpha value is -2.78. The summed E-state index contributed by atoms with van der Waals surface area (Å²) in [5.41, 5.74) is 2.59. The number of rotatable bonds is 7. The SMILES string of the molecule is COCCO[C@H]1CC[C@H](NC(=O)c2nc(-n3cncc3C)nc3cc[nH]c23)CC1. The summed E-state index contributed by atoms with van der Waals surface area (Å²) in [6, 6.07) is 1.95. The van der Waals surface area contributed by atoms with Crippen LogP contribution in [-0.4, -0.2) is 62.9 Å². The number of H-pyrrole nitrogens is 1. The van der Waals surface area contributed by atoms with Gasteiger partial charge in [0, 0.05) is 31.2 Å². The van der Waals surface area contributed by atoms with E-state index in [4.69, 9.17) is 9.47 Å². The van der Waals surface area contributed by atoms with Crippen LogP contribution in [-0.2, 0) is 9.47 Å². The molecule has 154 valence electrons. The Morgan fingerprint density at radius 2 is 2.10 bits per heavy atom. The summed E-state index contributed by atoms with van der Waals surface area (Å²) in [6.07, 6.45) is 9.01. The number of aromatic nitrogens is 5. The van der Waals surface area contributed by atoms with Crippen molar-refractivity contribution in [2.24, 2.45) is 0 Å². The third kappa shape index (κ3) is 4.30. The van der Waals surface area contributed by atoms with Gasteiger partial charge in [0.25, 0.3) is 5.91 Å². The van der Waals surface area contributed by atoms with Gasteiger partial charge >= 0.3 is 0 Å². The van der Waals surface area contributed by atoms with Crippen molar-refractivity contribution in [3.05, 3.63) is 36.2 Å². The maximum absolute atomic E-state index is 13.0. The summed E-state index contributed by atoms with van der Waals surface area (Å²) in [5.74, 6) is 0.245. The van der Waals surface area contributed by atoms with Gasteiger partial charge in [-0.25, -0.2) is 15.0 Å². The lowest BCUT2D eigenvalue weighted by Crippen LogP contribution is -2.39. The minimum Gasteiger partial charge on any atom is -0.382 e. The van der Waals surface area contributed by atoms with Crippen LogP contribution in [0.4, 0.5) is 0 Å². The van der Waals surface area contributed by atoms with E-state index in [0.717, 1.165) is 31.4 Å². The number of carbonyl (C=O) groups excluding carboxylic acids is 1. The van der Waals surface area contributed by atoms with Gasteiger partial charge in [-0.1, -0.05) is 0 Å². The maximum Gasteiger partial charge on any atom is 0.272 e. The molecule has 1 aliphatic carbocycles. The summed E-state index contributed by atoms with van der Waals surface area (Å²) < 4.78 is 12.6. The van der Waals surface area contributed by atoms with Crippen LogP contribution >= 0.6 is 0 Å². The molecule has 0 bridgehead atoms. The lowest BCUT2D eigenvalue weighted by atomic mass is 9.93. The molecular weight excluding hydrogens is 372 g/mol. The average Bonchev–Trinajstić information content (AvgIpc) is 3.37. The van der Waals surface area contributed by atoms with Crippen LogP contribution in [0.2, 0.25) is 0 Å². The first kappa shape index (κ1) is 19.5. The smallest absolute Gasteiger partial charge is 0.272 e. The number of hydrogen-bond donors (Lipinski definition) is 2. The molecule has 1 saturated carbocycles. The molecule has 3 aromatic rings. The molecule has 1 aliphatic rings. The third-order valence-electron chi connectivity index (χ3n) is 5.30. The molecule has 0 unspecified atom stereocenters. The number of imidazole rings is 1. The molecule has 0 radical (unpaired) electrons. The molecule has 1 fully saturated rings. The minimum absolute atomic E-state index is 0.114. The summed E-state index contributed by atoms with van der Waals surface area (Å²) in [5, 5.41) is 3.14. The molecule has 0 atom stereocenters. The molecule has 29 heavy (non-hydrogen) atoms. The Kier molecular flexibility index (Phi) is 5.86. The Balaban J connectivity index is 1.46. The first-order chi connectivity index (χ1) is 14.2. The zero-order valence-electron chi connectivity index (χ0n) is 16.7. The molecule has 3 heterocycles. The average molecular weight is 398 g/mol. The van der Waals surface area contributed by atoms with Gasteiger partial charge < -0.3 is 19.8 Å². The summed E-state index contributed by atoms with van der Waals surface area (Å²) in [4.78, 5) is 29.3. The van der Waals surface area contributed by atoms with Crippen molar-refractivity contribution in [1.29, 1.82) is 0 Å². The fraction of sp³-hybridized carbons (Fsp3) is 0.500. The van der Waals surface area contributed by atoms with Crippen molar-refractivity contribution in [1.82, 2.24) is 29.8 Å². The van der Waals surface area contributed by atoms with Crippen LogP contribution in [0.15, 0.2) is 24.8 Å². The lowest BCUT2D eigenvalue weighted by Gasteiger charge is -2.29. The van der Waals surface area contributed by atoms with E-state index in [2.05, 4.69) is 25.3 Å². The van der Waals surface area contributed by atoms with E-state index in [0.29, 0.717) is 35.9 Å². The highest BCUT2D eigenvalue weighted by molar-refractivity contribution is 6.03. The van der Waals surface area contributed by atoms with Crippen LogP contribution in [0.5, 0.6) is 0 Å². The van der Waals surface area contributed by atoms with E-state index in [1.54, 1.807) is 30.4 Å². The summed E-state index contributed by atoms with van der Waals surface area (Å²) in [6.45, 7) is 3.14. The molecule has 0 aliphatic heterocycles. The fourth-order valence-corrected chi connectivity index (χ4v) is 3.70. The Labute approximate surface area is 168 Å². The highest BCUT2D eigenvalue weighted by Crippen LogP contribution is 2.22. The molecule has 9 nitrogen and oxygen atoms in total. The zero-order chi connectivity index (χ0) is 20.2. The van der Waals surface area contributed by atoms with Crippen LogP contribution < -0.4 is 5.32 Å². The molecule has 1 amide bonds. The quantitative estimate of drug-likeness (QED) is 0.591. The molecular formula is C20H26N6O3. The van der Waals surface area contributed by atoms with E-state index in [9.17, 15) is 4.79 Å². The van der Waals surface area contributed by atoms with Gasteiger partial charge in [-0.05, 0) is 38.7 Å². The van der Waals surface area contributed by atoms with Crippen molar-refractivity contribution in [3.8, 4) is 5.95 Å². The number of nitrogens with one attached hydrogen (secondary N) is 2. The fourth-order valence-electron chi connectivity index (χ4n) is 3.70. The van der Waals surface area contributed by atoms with Gasteiger partial charge in [0.05, 0.1) is 30.4 Å². The van der Waals surface area contributed by atoms with Gasteiger partial charge in [0.2, 0.25) is 5.95 Å². The highest BCUT2D eigenvalue weighted by Gasteiger charge is 2.25. The minimum atomic E-state index is -0.192. The number of carbonyl (C=O) groups is 1. The van der Waals surface area contributed by atoms with Gasteiger partial charge in [-0.3, -0.25) is 9.36 Å². The highest BCUT2D eigenvalue weighted by atomic mass is 16.5. The van der Waals surface area contributed by atoms with E-state index in [1.165, 1.54) is 0 Å². The third-order valence-corrected chi connectivity index (χ3v) is 5.30. The van der Waals surface area contributed by atoms with Gasteiger partial charge in [0.15, 0.2) is 5.69 Å². The van der Waals surface area contributed by atoms with Crippen molar-refractivity contribution >= 4 is 16.9 Å². The van der Waals surface area contributed by atoms with Crippen LogP contribution in [0, 0.1) is 6.92 Å². The van der Waals surface area contributed by atoms with Gasteiger partial charge in [0.1, 0.15) is 6.33 Å². The van der Waals surface area contributed by atoms with Gasteiger partial charge in [-0.15, -0.1) is 0 Å². The number of aryl methyl sites for hydroxylation is 1. The second kappa shape index (κ2) is 8.71. The topological polar surface area (TPSA) is 107 Å². The molecule has 0 saturated heterocycles. The normalized spacial score (nSPS) is 19.5. The molecule has 4 rings (SSSR count). The van der Waals surface area contributed by atoms with Gasteiger partial charge in [-0.2, -0.15) is 0 Å². The number of amides is 1. The number of fused-ring (bicyclic) bond motifs is 1. The number of methoxy groups -OCH3 is 1. The molecule has 3 aromatic heterocycles. The Bertz CT molecular complexity index is 974. The molecule has 0 aromatic carbocycles. The molecule has 9 heteroatoms. The number of aromatic amines is 1. The van der Waals surface area contributed by atoms with Crippen molar-refractivity contribution in [2.75, 3.05) is 20.3 Å². The largest absolute Gasteiger partial charge is 0.382 e. The second-order valence-electron chi connectivity index (χ2n) is 7.33. The number of ether oxygens (including phenoxy) is 2. The number of hydrogen-bond acceptors (Lipinski definition) is 6. The maximum atomic E-state index is 13.0. The van der Waals surface area contributed by atoms with Crippen LogP contribution in [0.3, 0.4) is 0 Å². The summed E-state index contributed by atoms with van der Waals surface area (Å²) in [7, 11) is 1.67. The van der Waals surface area contributed by atoms with E-state index >= 15 is 0 Å². The zero-order valence-corrected chi connectivity index (χ0v) is 16.7. The first-order valence-electron chi connectivity index (χ1n) is 9.91. The van der Waals surface area contributed by atoms with E-state index < -0.39 is 0 Å². The predicted molar refractivity (Wildman–Crippen MR) is 107 cm³/mol. The van der Waals surface area contributed by atoms with Crippen molar-refractivity contribution in [3.63, 3.8) is 0 Å². The Morgan fingerprint density at radius 3 is 2.83 bits per heavy atom. The second-order valence-corrected chi connectivity index (χ2v) is 7.33. The predicted octanol–water partition coefficient (Wildman–Crippen LogP) is 2.16. The molecule has 2 N–H and O–H groups in total. The lowest BCUT2D eigenvalue weighted by molar-refractivity contribution is -0.00409. The van der Waals surface area contributed by atoms with E-state index in [-0.39, 0.29) is 18.1 Å². The van der Waals surface area contributed by atoms with Crippen LogP contribution in [0.1, 0.15) is 41.9 Å². The molecule has 0 spiro atoms. The van der Waals surface area contributed by atoms with Crippen LogP contribution in [0.25, 0.3) is 17.0 Å². The monoisotopic (exact) mass is 398 g/mol. The standard InChI is InChI=1S/C20H26N6O3/c1-13-11-21-12-26(13)20-24-16-7-8-22-17(16)18(25-20)19(27)23-14-3-5-15(6-4-14)29-10-9-28-2/h7-8,11-12,14-15,22H,3-6,9-10H2,1-2H3,(H,23,27)/t14-,15-. The first-order valence-corrected chi connectivity index (χ1v) is 9.91. The number of nitrogens with zero attached hydrogens (tertiary/aromatic N) is 4. The van der Waals surface area contributed by atoms with E-state index in [1.807, 2.05) is 13.0 Å². The summed E-state index contributed by atoms with van der Waals surface area (Å²) >= 11 is 0. The van der Waals surface area contributed by atoms with Crippen molar-refractivity contribution in [2.45, 2.75) is 44.8 Å².